The summed E-state index contributed by atoms with van der Waals surface area (Å²) in [5.74, 6) is 0. The van der Waals surface area contributed by atoms with Crippen LogP contribution in [0.1, 0.15) is 19.0 Å². The van der Waals surface area contributed by atoms with Crippen molar-refractivity contribution in [1.29, 1.82) is 0 Å². The number of nitrogens with one attached hydrogen (secondary N) is 1. The summed E-state index contributed by atoms with van der Waals surface area (Å²) in [6, 6.07) is 2.13. The van der Waals surface area contributed by atoms with E-state index in [1.54, 1.807) is 12.4 Å². The van der Waals surface area contributed by atoms with E-state index in [-0.39, 0.29) is 0 Å². The molecule has 0 fully saturated rings. The summed E-state index contributed by atoms with van der Waals surface area (Å²) >= 11 is 0. The maximum absolute atomic E-state index is 3.82. The fourth-order valence-electron chi connectivity index (χ4n) is 1.35. The molecule has 0 aliphatic heterocycles. The first-order valence-corrected chi connectivity index (χ1v) is 4.18. The highest BCUT2D eigenvalue weighted by atomic mass is 15.1. The van der Waals surface area contributed by atoms with Crippen LogP contribution in [-0.2, 0) is 6.42 Å². The Bertz CT molecular complexity index is 345. The monoisotopic (exact) mass is 161 g/mol. The van der Waals surface area contributed by atoms with Crippen LogP contribution in [0.5, 0.6) is 0 Å². The third-order valence-electron chi connectivity index (χ3n) is 1.91. The number of fused-ring (bicyclic) bond motifs is 1. The van der Waals surface area contributed by atoms with Crippen molar-refractivity contribution >= 4 is 10.9 Å². The Labute approximate surface area is 70.8 Å². The van der Waals surface area contributed by atoms with Gasteiger partial charge in [0.15, 0.2) is 0 Å². The van der Waals surface area contributed by atoms with Gasteiger partial charge in [0, 0.05) is 11.1 Å². The lowest BCUT2D eigenvalue weighted by Crippen LogP contribution is -1.80. The average molecular weight is 161 g/mol. The summed E-state index contributed by atoms with van der Waals surface area (Å²) in [4.78, 5) is 3.29. The Morgan fingerprint density at radius 1 is 1.33 bits per heavy atom. The topological polar surface area (TPSA) is 41.6 Å². The van der Waals surface area contributed by atoms with Crippen molar-refractivity contribution in [2.45, 2.75) is 19.8 Å². The normalized spacial score (nSPS) is 10.8. The minimum atomic E-state index is 1.08. The van der Waals surface area contributed by atoms with Gasteiger partial charge >= 0.3 is 0 Å². The lowest BCUT2D eigenvalue weighted by atomic mass is 10.2. The minimum Gasteiger partial charge on any atom is -0.357 e. The van der Waals surface area contributed by atoms with Crippen LogP contribution >= 0.6 is 0 Å². The van der Waals surface area contributed by atoms with E-state index in [0.717, 1.165) is 23.7 Å². The van der Waals surface area contributed by atoms with Crippen molar-refractivity contribution < 1.29 is 0 Å². The maximum Gasteiger partial charge on any atom is 0.0737 e. The number of nitrogens with zero attached hydrogens (tertiary/aromatic N) is 2. The molecule has 2 aromatic heterocycles. The quantitative estimate of drug-likeness (QED) is 0.731. The fraction of sp³-hybridized carbons (Fsp3) is 0.333. The highest BCUT2D eigenvalue weighted by molar-refractivity contribution is 5.78. The molecule has 2 rings (SSSR count). The predicted octanol–water partition coefficient (Wildman–Crippen LogP) is 1.91. The molecule has 0 saturated heterocycles. The Hall–Kier alpha value is -1.38. The summed E-state index contributed by atoms with van der Waals surface area (Å²) in [6.07, 6.45) is 5.79. The molecule has 0 amide bonds. The van der Waals surface area contributed by atoms with E-state index in [4.69, 9.17) is 0 Å². The second kappa shape index (κ2) is 2.93. The van der Waals surface area contributed by atoms with E-state index in [1.165, 1.54) is 5.69 Å². The number of H-pyrrole nitrogens is 1. The third kappa shape index (κ3) is 1.18. The molecule has 0 aromatic carbocycles. The van der Waals surface area contributed by atoms with Gasteiger partial charge < -0.3 is 4.98 Å². The van der Waals surface area contributed by atoms with E-state index in [0.29, 0.717) is 0 Å². The molecule has 12 heavy (non-hydrogen) atoms. The van der Waals surface area contributed by atoms with E-state index in [9.17, 15) is 0 Å². The molecule has 0 aliphatic rings. The van der Waals surface area contributed by atoms with Gasteiger partial charge in [-0.2, -0.15) is 10.2 Å². The van der Waals surface area contributed by atoms with Crippen molar-refractivity contribution in [3.05, 3.63) is 24.2 Å². The molecule has 3 heteroatoms. The smallest absolute Gasteiger partial charge is 0.0737 e. The molecule has 2 aromatic rings. The Morgan fingerprint density at radius 2 is 2.17 bits per heavy atom. The zero-order valence-electron chi connectivity index (χ0n) is 7.04. The Balaban J connectivity index is 2.47. The summed E-state index contributed by atoms with van der Waals surface area (Å²) in [7, 11) is 0. The summed E-state index contributed by atoms with van der Waals surface area (Å²) in [5, 5.41) is 8.77. The molecule has 62 valence electrons. The first kappa shape index (κ1) is 7.28. The van der Waals surface area contributed by atoms with Crippen molar-refractivity contribution in [3.63, 3.8) is 0 Å². The summed E-state index contributed by atoms with van der Waals surface area (Å²) in [6.45, 7) is 2.17. The van der Waals surface area contributed by atoms with Gasteiger partial charge in [0.05, 0.1) is 17.9 Å². The van der Waals surface area contributed by atoms with Gasteiger partial charge in [-0.15, -0.1) is 0 Å². The van der Waals surface area contributed by atoms with Crippen LogP contribution in [0.15, 0.2) is 18.5 Å². The molecule has 2 heterocycles. The van der Waals surface area contributed by atoms with Gasteiger partial charge in [-0.25, -0.2) is 0 Å². The highest BCUT2D eigenvalue weighted by Crippen LogP contribution is 2.13. The Kier molecular flexibility index (Phi) is 1.78. The lowest BCUT2D eigenvalue weighted by Gasteiger charge is -1.88. The van der Waals surface area contributed by atoms with E-state index in [2.05, 4.69) is 28.2 Å². The van der Waals surface area contributed by atoms with Crippen LogP contribution in [0.4, 0.5) is 0 Å². The fourth-order valence-corrected chi connectivity index (χ4v) is 1.35. The van der Waals surface area contributed by atoms with Gasteiger partial charge in [-0.3, -0.25) is 0 Å². The van der Waals surface area contributed by atoms with Crippen LogP contribution < -0.4 is 0 Å². The van der Waals surface area contributed by atoms with Crippen molar-refractivity contribution in [3.8, 4) is 0 Å². The van der Waals surface area contributed by atoms with Crippen molar-refractivity contribution in [2.75, 3.05) is 0 Å². The van der Waals surface area contributed by atoms with Gasteiger partial charge in [-0.05, 0) is 12.5 Å². The van der Waals surface area contributed by atoms with Crippen LogP contribution in [0.2, 0.25) is 0 Å². The largest absolute Gasteiger partial charge is 0.357 e. The van der Waals surface area contributed by atoms with Crippen LogP contribution in [-0.4, -0.2) is 15.2 Å². The molecule has 0 radical (unpaired) electrons. The third-order valence-corrected chi connectivity index (χ3v) is 1.91. The van der Waals surface area contributed by atoms with Gasteiger partial charge in [0.2, 0.25) is 0 Å². The van der Waals surface area contributed by atoms with Crippen LogP contribution in [0.25, 0.3) is 10.9 Å². The molecule has 0 saturated carbocycles. The summed E-state index contributed by atoms with van der Waals surface area (Å²) in [5.41, 5.74) is 2.34. The minimum absolute atomic E-state index is 1.08. The van der Waals surface area contributed by atoms with E-state index < -0.39 is 0 Å². The van der Waals surface area contributed by atoms with Gasteiger partial charge in [0.1, 0.15) is 0 Å². The standard InChI is InChI=1S/C9H11N3/c1-2-3-8-4-7-5-10-11-6-9(7)12-8/h4-6,12H,2-3H2,1H3. The second-order valence-corrected chi connectivity index (χ2v) is 2.90. The molecular formula is C9H11N3. The molecule has 0 spiro atoms. The zero-order valence-corrected chi connectivity index (χ0v) is 7.04. The summed E-state index contributed by atoms with van der Waals surface area (Å²) < 4.78 is 0. The second-order valence-electron chi connectivity index (χ2n) is 2.90. The Morgan fingerprint density at radius 3 is 2.92 bits per heavy atom. The molecule has 0 unspecified atom stereocenters. The molecule has 0 aliphatic carbocycles. The lowest BCUT2D eigenvalue weighted by molar-refractivity contribution is 0.896. The molecule has 0 bridgehead atoms. The zero-order chi connectivity index (χ0) is 8.39. The van der Waals surface area contributed by atoms with E-state index in [1.807, 2.05) is 0 Å². The number of rotatable bonds is 2. The average Bonchev–Trinajstić information content (AvgIpc) is 2.47. The van der Waals surface area contributed by atoms with Crippen LogP contribution in [0.3, 0.4) is 0 Å². The highest BCUT2D eigenvalue weighted by Gasteiger charge is 1.98. The number of aromatic nitrogens is 3. The van der Waals surface area contributed by atoms with Gasteiger partial charge in [-0.1, -0.05) is 13.3 Å². The van der Waals surface area contributed by atoms with Crippen molar-refractivity contribution in [2.24, 2.45) is 0 Å². The number of aryl methyl sites for hydroxylation is 1. The number of aromatic amines is 1. The maximum atomic E-state index is 3.82. The number of hydrogen-bond donors (Lipinski definition) is 1. The molecule has 3 nitrogen and oxygen atoms in total. The first-order chi connectivity index (χ1) is 5.90. The molecular weight excluding hydrogens is 150 g/mol. The first-order valence-electron chi connectivity index (χ1n) is 4.18. The van der Waals surface area contributed by atoms with Crippen LogP contribution in [0, 0.1) is 0 Å². The number of hydrogen-bond acceptors (Lipinski definition) is 2. The SMILES string of the molecule is CCCc1cc2cnncc2[nH]1. The predicted molar refractivity (Wildman–Crippen MR) is 47.9 cm³/mol. The molecule has 0 atom stereocenters. The van der Waals surface area contributed by atoms with Crippen molar-refractivity contribution in [1.82, 2.24) is 15.2 Å². The van der Waals surface area contributed by atoms with E-state index >= 15 is 0 Å². The molecule has 1 N–H and O–H groups in total. The van der Waals surface area contributed by atoms with Gasteiger partial charge in [0.25, 0.3) is 0 Å².